The number of hydrogen-bond donors (Lipinski definition) is 1. The average molecular weight is 214 g/mol. The largest absolute Gasteiger partial charge is 0.387 e. The van der Waals surface area contributed by atoms with Crippen LogP contribution in [0.25, 0.3) is 0 Å². The lowest BCUT2D eigenvalue weighted by atomic mass is 9.89. The van der Waals surface area contributed by atoms with Gasteiger partial charge in [0, 0.05) is 5.41 Å². The minimum Gasteiger partial charge on any atom is -0.387 e. The van der Waals surface area contributed by atoms with Crippen molar-refractivity contribution in [3.05, 3.63) is 10.6 Å². The summed E-state index contributed by atoms with van der Waals surface area (Å²) in [6.45, 7) is 10.2. The maximum Gasteiger partial charge on any atom is 0.0940 e. The quantitative estimate of drug-likeness (QED) is 0.823. The smallest absolute Gasteiger partial charge is 0.0940 e. The second kappa shape index (κ2) is 3.95. The van der Waals surface area contributed by atoms with Gasteiger partial charge in [0.1, 0.15) is 0 Å². The molecule has 0 saturated heterocycles. The summed E-state index contributed by atoms with van der Waals surface area (Å²) in [6, 6.07) is 0. The van der Waals surface area contributed by atoms with E-state index in [1.165, 1.54) is 11.5 Å². The molecule has 1 N–H and O–H groups in total. The molecule has 0 saturated carbocycles. The van der Waals surface area contributed by atoms with Crippen molar-refractivity contribution in [1.82, 2.24) is 9.59 Å². The number of hydrogen-bond acceptors (Lipinski definition) is 4. The molecule has 80 valence electrons. The van der Waals surface area contributed by atoms with Crippen LogP contribution in [0.2, 0.25) is 0 Å². The van der Waals surface area contributed by atoms with Crippen molar-refractivity contribution in [3.8, 4) is 0 Å². The van der Waals surface area contributed by atoms with Gasteiger partial charge in [-0.05, 0) is 17.5 Å². The Morgan fingerprint density at radius 3 is 2.29 bits per heavy atom. The van der Waals surface area contributed by atoms with Gasteiger partial charge in [-0.1, -0.05) is 39.1 Å². The first-order chi connectivity index (χ1) is 6.34. The zero-order chi connectivity index (χ0) is 10.9. The Balaban J connectivity index is 3.05. The molecular formula is C10H18N2OS. The van der Waals surface area contributed by atoms with Crippen LogP contribution in [0.1, 0.15) is 51.3 Å². The van der Waals surface area contributed by atoms with E-state index < -0.39 is 6.10 Å². The highest BCUT2D eigenvalue weighted by molar-refractivity contribution is 7.05. The fraction of sp³-hybridized carbons (Fsp3) is 0.800. The normalized spacial score (nSPS) is 14.8. The average Bonchev–Trinajstić information content (AvgIpc) is 2.48. The van der Waals surface area contributed by atoms with Crippen LogP contribution in [-0.4, -0.2) is 14.7 Å². The number of aliphatic hydroxyl groups is 1. The Morgan fingerprint density at radius 2 is 1.86 bits per heavy atom. The van der Waals surface area contributed by atoms with Crippen molar-refractivity contribution in [2.24, 2.45) is 5.92 Å². The van der Waals surface area contributed by atoms with Crippen LogP contribution in [0, 0.1) is 5.92 Å². The SMILES string of the molecule is CC(C)C(O)c1snnc1C(C)(C)C. The van der Waals surface area contributed by atoms with Gasteiger partial charge in [0.25, 0.3) is 0 Å². The molecule has 0 bridgehead atoms. The van der Waals surface area contributed by atoms with Crippen LogP contribution >= 0.6 is 11.5 Å². The Labute approximate surface area is 89.3 Å². The molecule has 4 heteroatoms. The summed E-state index contributed by atoms with van der Waals surface area (Å²) in [4.78, 5) is 0.910. The van der Waals surface area contributed by atoms with Crippen molar-refractivity contribution in [2.75, 3.05) is 0 Å². The third-order valence-corrected chi connectivity index (χ3v) is 2.92. The Morgan fingerprint density at radius 1 is 1.29 bits per heavy atom. The van der Waals surface area contributed by atoms with Gasteiger partial charge in [-0.15, -0.1) is 5.10 Å². The highest BCUT2D eigenvalue weighted by Crippen LogP contribution is 2.33. The predicted octanol–water partition coefficient (Wildman–Crippen LogP) is 2.53. The van der Waals surface area contributed by atoms with Crippen LogP contribution in [0.4, 0.5) is 0 Å². The van der Waals surface area contributed by atoms with Crippen molar-refractivity contribution in [2.45, 2.75) is 46.1 Å². The first-order valence-electron chi connectivity index (χ1n) is 4.85. The first-order valence-corrected chi connectivity index (χ1v) is 5.62. The molecule has 1 heterocycles. The van der Waals surface area contributed by atoms with E-state index in [2.05, 4.69) is 30.4 Å². The fourth-order valence-electron chi connectivity index (χ4n) is 1.21. The minimum absolute atomic E-state index is 0.0434. The molecule has 14 heavy (non-hydrogen) atoms. The molecule has 3 nitrogen and oxygen atoms in total. The molecule has 1 atom stereocenters. The molecule has 0 aliphatic heterocycles. The number of aromatic nitrogens is 2. The zero-order valence-electron chi connectivity index (χ0n) is 9.40. The van der Waals surface area contributed by atoms with E-state index in [4.69, 9.17) is 0 Å². The minimum atomic E-state index is -0.441. The molecule has 1 aromatic rings. The van der Waals surface area contributed by atoms with Crippen LogP contribution in [-0.2, 0) is 5.41 Å². The first kappa shape index (κ1) is 11.6. The standard InChI is InChI=1S/C10H18N2OS/c1-6(2)7(13)8-9(10(3,4)5)11-12-14-8/h6-7,13H,1-5H3. The third-order valence-electron chi connectivity index (χ3n) is 2.12. The molecule has 0 amide bonds. The molecule has 0 radical (unpaired) electrons. The van der Waals surface area contributed by atoms with Gasteiger partial charge >= 0.3 is 0 Å². The van der Waals surface area contributed by atoms with Gasteiger partial charge in [-0.3, -0.25) is 0 Å². The molecular weight excluding hydrogens is 196 g/mol. The Kier molecular flexibility index (Phi) is 3.27. The van der Waals surface area contributed by atoms with E-state index in [0.29, 0.717) is 0 Å². The molecule has 0 fully saturated rings. The second-order valence-corrected chi connectivity index (χ2v) is 5.71. The van der Waals surface area contributed by atoms with Crippen LogP contribution in [0.15, 0.2) is 0 Å². The molecule has 0 aromatic carbocycles. The molecule has 0 aliphatic rings. The van der Waals surface area contributed by atoms with Gasteiger partial charge in [-0.25, -0.2) is 0 Å². The monoisotopic (exact) mass is 214 g/mol. The summed E-state index contributed by atoms with van der Waals surface area (Å²) < 4.78 is 3.92. The van der Waals surface area contributed by atoms with E-state index in [-0.39, 0.29) is 11.3 Å². The third kappa shape index (κ3) is 2.30. The molecule has 1 rings (SSSR count). The number of nitrogens with zero attached hydrogens (tertiary/aromatic N) is 2. The topological polar surface area (TPSA) is 46.0 Å². The van der Waals surface area contributed by atoms with Crippen molar-refractivity contribution in [1.29, 1.82) is 0 Å². The van der Waals surface area contributed by atoms with Crippen LogP contribution in [0.5, 0.6) is 0 Å². The van der Waals surface area contributed by atoms with E-state index in [9.17, 15) is 5.11 Å². The van der Waals surface area contributed by atoms with Crippen LogP contribution in [0.3, 0.4) is 0 Å². The van der Waals surface area contributed by atoms with Crippen LogP contribution < -0.4 is 0 Å². The molecule has 0 aliphatic carbocycles. The van der Waals surface area contributed by atoms with E-state index in [1.54, 1.807) is 0 Å². The summed E-state index contributed by atoms with van der Waals surface area (Å²) in [7, 11) is 0. The maximum atomic E-state index is 9.96. The summed E-state index contributed by atoms with van der Waals surface area (Å²) in [5.74, 6) is 0.207. The highest BCUT2D eigenvalue weighted by atomic mass is 32.1. The fourth-order valence-corrected chi connectivity index (χ4v) is 2.24. The lowest BCUT2D eigenvalue weighted by Gasteiger charge is -2.20. The summed E-state index contributed by atoms with van der Waals surface area (Å²) >= 11 is 1.30. The highest BCUT2D eigenvalue weighted by Gasteiger charge is 2.27. The summed E-state index contributed by atoms with van der Waals surface area (Å²) in [6.07, 6.45) is -0.441. The van der Waals surface area contributed by atoms with E-state index >= 15 is 0 Å². The number of aliphatic hydroxyl groups excluding tert-OH is 1. The Bertz CT molecular complexity index is 301. The molecule has 0 spiro atoms. The second-order valence-electron chi connectivity index (χ2n) is 4.92. The van der Waals surface area contributed by atoms with Crippen molar-refractivity contribution < 1.29 is 5.11 Å². The van der Waals surface area contributed by atoms with Crippen molar-refractivity contribution in [3.63, 3.8) is 0 Å². The summed E-state index contributed by atoms with van der Waals surface area (Å²) in [5, 5.41) is 14.1. The van der Waals surface area contributed by atoms with E-state index in [1.807, 2.05) is 13.8 Å². The predicted molar refractivity (Wildman–Crippen MR) is 58.4 cm³/mol. The van der Waals surface area contributed by atoms with Gasteiger partial charge in [0.15, 0.2) is 0 Å². The summed E-state index contributed by atoms with van der Waals surface area (Å²) in [5.41, 5.74) is 0.877. The maximum absolute atomic E-state index is 9.96. The van der Waals surface area contributed by atoms with Gasteiger partial charge in [0.05, 0.1) is 16.7 Å². The lowest BCUT2D eigenvalue weighted by Crippen LogP contribution is -2.17. The zero-order valence-corrected chi connectivity index (χ0v) is 10.2. The number of rotatable bonds is 2. The van der Waals surface area contributed by atoms with E-state index in [0.717, 1.165) is 10.6 Å². The molecule has 1 aromatic heterocycles. The lowest BCUT2D eigenvalue weighted by molar-refractivity contribution is 0.128. The van der Waals surface area contributed by atoms with Gasteiger partial charge in [-0.2, -0.15) is 0 Å². The molecule has 1 unspecified atom stereocenters. The van der Waals surface area contributed by atoms with Crippen molar-refractivity contribution >= 4 is 11.5 Å². The van der Waals surface area contributed by atoms with Gasteiger partial charge < -0.3 is 5.11 Å². The van der Waals surface area contributed by atoms with Gasteiger partial charge in [0.2, 0.25) is 0 Å². The Hall–Kier alpha value is -0.480.